The van der Waals surface area contributed by atoms with Crippen molar-refractivity contribution in [3.05, 3.63) is 74.7 Å². The topological polar surface area (TPSA) is 77.6 Å². The molecule has 0 amide bonds. The number of rotatable bonds is 9. The Balaban J connectivity index is 1.74. The molecule has 0 fully saturated rings. The summed E-state index contributed by atoms with van der Waals surface area (Å²) < 4.78 is 44.4. The van der Waals surface area contributed by atoms with Gasteiger partial charge in [-0.2, -0.15) is 18.3 Å². The van der Waals surface area contributed by atoms with E-state index >= 15 is 0 Å². The van der Waals surface area contributed by atoms with Gasteiger partial charge in [-0.15, -0.1) is 0 Å². The Morgan fingerprint density at radius 3 is 2.37 bits per heavy atom. The molecule has 0 aliphatic rings. The fraction of sp³-hybridized carbons (Fsp3) is 0.400. The first-order valence-corrected chi connectivity index (χ1v) is 11.8. The van der Waals surface area contributed by atoms with Gasteiger partial charge >= 0.3 is 11.9 Å². The lowest BCUT2D eigenvalue weighted by Gasteiger charge is -2.12. The summed E-state index contributed by atoms with van der Waals surface area (Å²) >= 11 is 0. The van der Waals surface area contributed by atoms with Gasteiger partial charge in [-0.05, 0) is 30.5 Å². The minimum Gasteiger partial charge on any atom is -0.349 e. The van der Waals surface area contributed by atoms with Gasteiger partial charge in [-0.1, -0.05) is 44.9 Å². The Morgan fingerprint density at radius 2 is 1.69 bits per heavy atom. The summed E-state index contributed by atoms with van der Waals surface area (Å²) in [6, 6.07) is 7.14. The number of H-pyrrole nitrogens is 1. The number of hydrogen-bond donors (Lipinski definition) is 1. The highest BCUT2D eigenvalue weighted by Crippen LogP contribution is 2.32. The van der Waals surface area contributed by atoms with E-state index in [-0.39, 0.29) is 23.4 Å². The van der Waals surface area contributed by atoms with E-state index in [0.717, 1.165) is 25.3 Å². The largest absolute Gasteiger partial charge is 0.416 e. The number of fused-ring (bicyclic) bond motifs is 1. The van der Waals surface area contributed by atoms with Crippen molar-refractivity contribution in [3.63, 3.8) is 0 Å². The molecule has 3 heterocycles. The molecule has 0 aliphatic carbocycles. The van der Waals surface area contributed by atoms with Crippen molar-refractivity contribution in [2.75, 3.05) is 0 Å². The van der Waals surface area contributed by atoms with Gasteiger partial charge in [-0.25, -0.2) is 4.79 Å². The maximum atomic E-state index is 13.4. The second-order valence-corrected chi connectivity index (χ2v) is 8.62. The van der Waals surface area contributed by atoms with Crippen LogP contribution in [0.25, 0.3) is 22.3 Å². The average molecular weight is 488 g/mol. The molecule has 4 rings (SSSR count). The number of nitrogens with one attached hydrogen (secondary N) is 1. The molecule has 3 aromatic heterocycles. The molecule has 0 atom stereocenters. The summed E-state index contributed by atoms with van der Waals surface area (Å²) in [6.45, 7) is 4.81. The van der Waals surface area contributed by atoms with Crippen LogP contribution in [-0.4, -0.2) is 23.9 Å². The maximum Gasteiger partial charge on any atom is 0.416 e. The number of benzene rings is 1. The molecule has 7 nitrogen and oxygen atoms in total. The zero-order valence-electron chi connectivity index (χ0n) is 19.7. The van der Waals surface area contributed by atoms with Crippen LogP contribution in [0.15, 0.2) is 52.3 Å². The summed E-state index contributed by atoms with van der Waals surface area (Å²) in [5.74, 6) is 0. The fourth-order valence-electron chi connectivity index (χ4n) is 4.19. The molecule has 0 spiro atoms. The molecular formula is C25H28F3N5O2. The lowest BCUT2D eigenvalue weighted by Crippen LogP contribution is -2.40. The number of aromatic amines is 1. The Hall–Kier alpha value is -3.56. The number of aromatic nitrogens is 5. The number of unbranched alkanes of at least 4 members (excludes halogenated alkanes) is 2. The highest BCUT2D eigenvalue weighted by molar-refractivity contribution is 5.82. The van der Waals surface area contributed by atoms with Crippen LogP contribution >= 0.6 is 0 Å². The molecule has 0 aliphatic heterocycles. The van der Waals surface area contributed by atoms with Crippen LogP contribution in [0.5, 0.6) is 0 Å². The van der Waals surface area contributed by atoms with Crippen molar-refractivity contribution in [2.24, 2.45) is 0 Å². The maximum absolute atomic E-state index is 13.4. The van der Waals surface area contributed by atoms with Gasteiger partial charge in [0, 0.05) is 24.8 Å². The SMILES string of the molecule is CCCCn1c(=O)c2[nH]c(-c3cnn(Cc4ccccc4C(F)(F)F)c3)cc2n(CCCC)c1=O. The van der Waals surface area contributed by atoms with E-state index in [4.69, 9.17) is 0 Å². The van der Waals surface area contributed by atoms with E-state index in [0.29, 0.717) is 41.8 Å². The van der Waals surface area contributed by atoms with Gasteiger partial charge in [0.2, 0.25) is 0 Å². The monoisotopic (exact) mass is 487 g/mol. The number of aryl methyl sites for hydroxylation is 1. The van der Waals surface area contributed by atoms with Gasteiger partial charge in [-0.3, -0.25) is 18.6 Å². The summed E-state index contributed by atoms with van der Waals surface area (Å²) in [6.07, 6.45) is 1.96. The van der Waals surface area contributed by atoms with Gasteiger partial charge in [0.25, 0.3) is 5.56 Å². The van der Waals surface area contributed by atoms with Crippen LogP contribution in [0.2, 0.25) is 0 Å². The summed E-state index contributed by atoms with van der Waals surface area (Å²) in [5, 5.41) is 4.23. The molecule has 1 aromatic carbocycles. The van der Waals surface area contributed by atoms with E-state index in [1.807, 2.05) is 13.8 Å². The highest BCUT2D eigenvalue weighted by atomic mass is 19.4. The molecule has 0 unspecified atom stereocenters. The summed E-state index contributed by atoms with van der Waals surface area (Å²) in [5.41, 5.74) is 0.755. The summed E-state index contributed by atoms with van der Waals surface area (Å²) in [7, 11) is 0. The molecule has 4 aromatic rings. The Kier molecular flexibility index (Phi) is 7.00. The molecule has 186 valence electrons. The molecule has 0 bridgehead atoms. The Labute approximate surface area is 199 Å². The molecule has 0 saturated carbocycles. The van der Waals surface area contributed by atoms with Crippen LogP contribution in [0.4, 0.5) is 13.2 Å². The summed E-state index contributed by atoms with van der Waals surface area (Å²) in [4.78, 5) is 29.3. The predicted molar refractivity (Wildman–Crippen MR) is 128 cm³/mol. The van der Waals surface area contributed by atoms with Crippen molar-refractivity contribution in [1.29, 1.82) is 0 Å². The second kappa shape index (κ2) is 9.97. The lowest BCUT2D eigenvalue weighted by atomic mass is 10.1. The van der Waals surface area contributed by atoms with E-state index in [1.54, 1.807) is 22.9 Å². The number of hydrogen-bond acceptors (Lipinski definition) is 3. The van der Waals surface area contributed by atoms with E-state index < -0.39 is 11.7 Å². The van der Waals surface area contributed by atoms with Crippen LogP contribution in [0.3, 0.4) is 0 Å². The standard InChI is InChI=1S/C25H28F3N5O2/c1-3-5-11-32-21-13-20(30-22(21)23(34)33(24(32)35)12-6-4-2)18-14-29-31(16-18)15-17-9-7-8-10-19(17)25(26,27)28/h7-10,13-14,16,30H,3-6,11-12,15H2,1-2H3. The van der Waals surface area contributed by atoms with Crippen LogP contribution < -0.4 is 11.2 Å². The van der Waals surface area contributed by atoms with Crippen molar-refractivity contribution >= 4 is 11.0 Å². The molecule has 10 heteroatoms. The normalized spacial score (nSPS) is 12.0. The van der Waals surface area contributed by atoms with Crippen LogP contribution in [0, 0.1) is 0 Å². The van der Waals surface area contributed by atoms with Crippen molar-refractivity contribution in [1.82, 2.24) is 23.9 Å². The van der Waals surface area contributed by atoms with Crippen molar-refractivity contribution < 1.29 is 13.2 Å². The zero-order chi connectivity index (χ0) is 25.2. The average Bonchev–Trinajstić information content (AvgIpc) is 3.46. The quantitative estimate of drug-likeness (QED) is 0.360. The second-order valence-electron chi connectivity index (χ2n) is 8.62. The first kappa shape index (κ1) is 24.6. The molecular weight excluding hydrogens is 459 g/mol. The molecule has 0 radical (unpaired) electrons. The number of halogens is 3. The van der Waals surface area contributed by atoms with Gasteiger partial charge in [0.05, 0.1) is 29.5 Å². The minimum absolute atomic E-state index is 0.0546. The van der Waals surface area contributed by atoms with Gasteiger partial charge in [0.15, 0.2) is 0 Å². The third kappa shape index (κ3) is 4.96. The predicted octanol–water partition coefficient (Wildman–Crippen LogP) is 5.02. The van der Waals surface area contributed by atoms with Crippen LogP contribution in [-0.2, 0) is 25.8 Å². The zero-order valence-corrected chi connectivity index (χ0v) is 19.7. The van der Waals surface area contributed by atoms with Crippen molar-refractivity contribution in [3.8, 4) is 11.3 Å². The number of alkyl halides is 3. The first-order chi connectivity index (χ1) is 16.7. The number of nitrogens with zero attached hydrogens (tertiary/aromatic N) is 4. The van der Waals surface area contributed by atoms with Crippen molar-refractivity contribution in [2.45, 2.75) is 65.3 Å². The molecule has 1 N–H and O–H groups in total. The van der Waals surface area contributed by atoms with Gasteiger partial charge in [0.1, 0.15) is 5.52 Å². The van der Waals surface area contributed by atoms with Gasteiger partial charge < -0.3 is 4.98 Å². The molecule has 35 heavy (non-hydrogen) atoms. The van der Waals surface area contributed by atoms with E-state index in [9.17, 15) is 22.8 Å². The lowest BCUT2D eigenvalue weighted by molar-refractivity contribution is -0.138. The third-order valence-corrected chi connectivity index (χ3v) is 6.08. The fourth-order valence-corrected chi connectivity index (χ4v) is 4.19. The van der Waals surface area contributed by atoms with Crippen LogP contribution in [0.1, 0.15) is 50.7 Å². The molecule has 0 saturated heterocycles. The smallest absolute Gasteiger partial charge is 0.349 e. The Morgan fingerprint density at radius 1 is 1.00 bits per heavy atom. The van der Waals surface area contributed by atoms with E-state index in [2.05, 4.69) is 10.1 Å². The minimum atomic E-state index is -4.45. The van der Waals surface area contributed by atoms with E-state index in [1.165, 1.54) is 27.6 Å². The highest BCUT2D eigenvalue weighted by Gasteiger charge is 2.33. The Bertz CT molecular complexity index is 1440. The third-order valence-electron chi connectivity index (χ3n) is 6.08. The first-order valence-electron chi connectivity index (χ1n) is 11.8.